The van der Waals surface area contributed by atoms with Crippen LogP contribution in [0.4, 0.5) is 4.39 Å². The van der Waals surface area contributed by atoms with Gasteiger partial charge >= 0.3 is 0 Å². The van der Waals surface area contributed by atoms with Gasteiger partial charge in [-0.05, 0) is 36.1 Å². The Balaban J connectivity index is 1.55. The molecule has 0 aliphatic carbocycles. The van der Waals surface area contributed by atoms with E-state index in [4.69, 9.17) is 4.74 Å². The summed E-state index contributed by atoms with van der Waals surface area (Å²) in [5, 5.41) is 6.93. The van der Waals surface area contributed by atoms with Gasteiger partial charge in [-0.1, -0.05) is 12.1 Å². The summed E-state index contributed by atoms with van der Waals surface area (Å²) in [7, 11) is 0. The molecule has 0 fully saturated rings. The summed E-state index contributed by atoms with van der Waals surface area (Å²) in [6.07, 6.45) is 1.52. The van der Waals surface area contributed by atoms with Gasteiger partial charge in [-0.2, -0.15) is 0 Å². The van der Waals surface area contributed by atoms with Crippen LogP contribution in [0.2, 0.25) is 0 Å². The molecule has 4 aromatic heterocycles. The topological polar surface area (TPSA) is 47.9 Å². The van der Waals surface area contributed by atoms with Gasteiger partial charge in [-0.15, -0.1) is 34.0 Å². The molecule has 2 aromatic carbocycles. The maximum atomic E-state index is 13.4. The number of aryl methyl sites for hydroxylation is 1. The summed E-state index contributed by atoms with van der Waals surface area (Å²) in [5.41, 5.74) is 2.85. The van der Waals surface area contributed by atoms with Crippen molar-refractivity contribution in [2.24, 2.45) is 0 Å². The van der Waals surface area contributed by atoms with E-state index in [0.717, 1.165) is 52.4 Å². The van der Waals surface area contributed by atoms with E-state index in [0.29, 0.717) is 5.88 Å². The molecule has 0 amide bonds. The third kappa shape index (κ3) is 2.79. The van der Waals surface area contributed by atoms with Crippen molar-refractivity contribution in [3.05, 3.63) is 64.3 Å². The number of nitrogens with zero attached hydrogens (tertiary/aromatic N) is 3. The van der Waals surface area contributed by atoms with E-state index in [1.807, 2.05) is 18.4 Å². The molecule has 0 aliphatic heterocycles. The van der Waals surface area contributed by atoms with Crippen LogP contribution in [0.5, 0.6) is 11.6 Å². The summed E-state index contributed by atoms with van der Waals surface area (Å²) in [6, 6.07) is 10.5. The van der Waals surface area contributed by atoms with Gasteiger partial charge < -0.3 is 4.74 Å². The summed E-state index contributed by atoms with van der Waals surface area (Å²) in [6.45, 7) is 2.01. The van der Waals surface area contributed by atoms with Gasteiger partial charge in [0.1, 0.15) is 22.7 Å². The highest BCUT2D eigenvalue weighted by atomic mass is 32.1. The molecular formula is C22H12FN3OS3. The second-order valence-electron chi connectivity index (χ2n) is 6.74. The highest BCUT2D eigenvalue weighted by molar-refractivity contribution is 7.21. The minimum absolute atomic E-state index is 0.265. The van der Waals surface area contributed by atoms with Crippen molar-refractivity contribution in [1.29, 1.82) is 0 Å². The average molecular weight is 450 g/mol. The zero-order chi connectivity index (χ0) is 20.2. The molecule has 8 heteroatoms. The first-order valence-electron chi connectivity index (χ1n) is 9.11. The van der Waals surface area contributed by atoms with Crippen LogP contribution in [0.1, 0.15) is 5.01 Å². The Kier molecular flexibility index (Phi) is 4.05. The Labute approximate surface area is 182 Å². The van der Waals surface area contributed by atoms with Crippen molar-refractivity contribution >= 4 is 64.5 Å². The largest absolute Gasteiger partial charge is 0.437 e. The molecule has 146 valence electrons. The predicted molar refractivity (Wildman–Crippen MR) is 123 cm³/mol. The monoisotopic (exact) mass is 449 g/mol. The van der Waals surface area contributed by atoms with E-state index in [2.05, 4.69) is 26.4 Å². The van der Waals surface area contributed by atoms with Gasteiger partial charge in [-0.25, -0.2) is 19.3 Å². The van der Waals surface area contributed by atoms with Crippen LogP contribution in [0.3, 0.4) is 0 Å². The molecule has 30 heavy (non-hydrogen) atoms. The minimum atomic E-state index is -0.265. The molecule has 6 rings (SSSR count). The fourth-order valence-corrected chi connectivity index (χ4v) is 6.28. The molecule has 4 heterocycles. The third-order valence-electron chi connectivity index (χ3n) is 4.87. The maximum absolute atomic E-state index is 13.4. The molecule has 0 aliphatic rings. The molecule has 0 unspecified atom stereocenters. The van der Waals surface area contributed by atoms with Gasteiger partial charge in [-0.3, -0.25) is 0 Å². The molecule has 0 N–H and O–H groups in total. The zero-order valence-corrected chi connectivity index (χ0v) is 18.0. The van der Waals surface area contributed by atoms with E-state index >= 15 is 0 Å². The molecule has 0 spiro atoms. The van der Waals surface area contributed by atoms with Gasteiger partial charge in [0.25, 0.3) is 0 Å². The molecule has 6 aromatic rings. The van der Waals surface area contributed by atoms with Crippen LogP contribution in [0.25, 0.3) is 41.6 Å². The number of thiophene rings is 2. The number of rotatable bonds is 3. The summed E-state index contributed by atoms with van der Waals surface area (Å²) in [4.78, 5) is 14.4. The molecule has 0 atom stereocenters. The standard InChI is InChI=1S/C22H12FN3OS3/c1-11-26-19-17(30-11)8-16(14-6-7-28-20(14)19)27-21-18-15(9-29-22(18)25-10-24-21)12-2-4-13(23)5-3-12/h2-10H,1H3. The second kappa shape index (κ2) is 6.80. The van der Waals surface area contributed by atoms with Gasteiger partial charge in [0, 0.05) is 22.4 Å². The fraction of sp³-hybridized carbons (Fsp3) is 0.0455. The Hall–Kier alpha value is -2.94. The normalized spacial score (nSPS) is 11.7. The summed E-state index contributed by atoms with van der Waals surface area (Å²) < 4.78 is 22.0. The fourth-order valence-electron chi connectivity index (χ4n) is 3.54. The van der Waals surface area contributed by atoms with Crippen molar-refractivity contribution in [2.75, 3.05) is 0 Å². The van der Waals surface area contributed by atoms with E-state index in [1.165, 1.54) is 29.8 Å². The van der Waals surface area contributed by atoms with Gasteiger partial charge in [0.05, 0.1) is 25.3 Å². The highest BCUT2D eigenvalue weighted by Crippen LogP contribution is 2.43. The second-order valence-corrected chi connectivity index (χ2v) is 9.74. The number of hydrogen-bond donors (Lipinski definition) is 0. The first kappa shape index (κ1) is 17.9. The van der Waals surface area contributed by atoms with E-state index in [9.17, 15) is 4.39 Å². The number of benzene rings is 2. The van der Waals surface area contributed by atoms with Gasteiger partial charge in [0.2, 0.25) is 5.88 Å². The number of ether oxygens (including phenoxy) is 1. The lowest BCUT2D eigenvalue weighted by Gasteiger charge is -2.09. The number of hydrogen-bond acceptors (Lipinski definition) is 7. The molecule has 0 saturated carbocycles. The smallest absolute Gasteiger partial charge is 0.231 e. The van der Waals surface area contributed by atoms with E-state index < -0.39 is 0 Å². The maximum Gasteiger partial charge on any atom is 0.231 e. The van der Waals surface area contributed by atoms with Crippen LogP contribution in [0.15, 0.2) is 53.5 Å². The van der Waals surface area contributed by atoms with Crippen molar-refractivity contribution < 1.29 is 9.13 Å². The number of thiazole rings is 1. The minimum Gasteiger partial charge on any atom is -0.437 e. The lowest BCUT2D eigenvalue weighted by Crippen LogP contribution is -1.91. The van der Waals surface area contributed by atoms with E-state index in [1.54, 1.807) is 34.8 Å². The Morgan fingerprint density at radius 3 is 2.77 bits per heavy atom. The van der Waals surface area contributed by atoms with Crippen molar-refractivity contribution in [3.8, 4) is 22.8 Å². The van der Waals surface area contributed by atoms with Crippen molar-refractivity contribution in [3.63, 3.8) is 0 Å². The number of fused-ring (bicyclic) bond motifs is 4. The van der Waals surface area contributed by atoms with Crippen molar-refractivity contribution in [1.82, 2.24) is 15.0 Å². The lowest BCUT2D eigenvalue weighted by atomic mass is 10.1. The summed E-state index contributed by atoms with van der Waals surface area (Å²) >= 11 is 4.83. The lowest BCUT2D eigenvalue weighted by molar-refractivity contribution is 0.474. The van der Waals surface area contributed by atoms with Crippen LogP contribution in [-0.4, -0.2) is 15.0 Å². The number of halogens is 1. The molecule has 0 saturated heterocycles. The molecular weight excluding hydrogens is 437 g/mol. The third-order valence-corrected chi connectivity index (χ3v) is 7.59. The van der Waals surface area contributed by atoms with Crippen LogP contribution in [0, 0.1) is 12.7 Å². The molecule has 0 bridgehead atoms. The van der Waals surface area contributed by atoms with Crippen LogP contribution in [-0.2, 0) is 0 Å². The Bertz CT molecular complexity index is 1550. The highest BCUT2D eigenvalue weighted by Gasteiger charge is 2.18. The van der Waals surface area contributed by atoms with Crippen molar-refractivity contribution in [2.45, 2.75) is 6.92 Å². The first-order valence-corrected chi connectivity index (χ1v) is 11.7. The van der Waals surface area contributed by atoms with Gasteiger partial charge in [0.15, 0.2) is 0 Å². The Morgan fingerprint density at radius 2 is 1.90 bits per heavy atom. The van der Waals surface area contributed by atoms with E-state index in [-0.39, 0.29) is 5.82 Å². The summed E-state index contributed by atoms with van der Waals surface area (Å²) in [5.74, 6) is 0.978. The zero-order valence-electron chi connectivity index (χ0n) is 15.5. The van der Waals surface area contributed by atoms with Crippen LogP contribution < -0.4 is 4.74 Å². The number of aromatic nitrogens is 3. The predicted octanol–water partition coefficient (Wildman–Crippen LogP) is 7.42. The quantitative estimate of drug-likeness (QED) is 0.282. The Morgan fingerprint density at radius 1 is 1.03 bits per heavy atom. The molecule has 0 radical (unpaired) electrons. The molecule has 4 nitrogen and oxygen atoms in total. The SMILES string of the molecule is Cc1nc2c(cc(Oc3ncnc4scc(-c5ccc(F)cc5)c34)c3ccsc32)s1. The first-order chi connectivity index (χ1) is 14.7. The average Bonchev–Trinajstić information content (AvgIpc) is 3.46. The van der Waals surface area contributed by atoms with Crippen LogP contribution >= 0.6 is 34.0 Å².